The molecule has 0 radical (unpaired) electrons. The Kier molecular flexibility index (Phi) is 4.11. The number of hydrogen-bond donors (Lipinski definition) is 2. The lowest BCUT2D eigenvalue weighted by atomic mass is 10.1. The van der Waals surface area contributed by atoms with E-state index in [4.69, 9.17) is 9.15 Å². The molecule has 0 atom stereocenters. The zero-order valence-corrected chi connectivity index (χ0v) is 12.6. The number of nitrogens with one attached hydrogen (secondary N) is 1. The van der Waals surface area contributed by atoms with Crippen molar-refractivity contribution >= 4 is 22.9 Å². The van der Waals surface area contributed by atoms with Gasteiger partial charge in [-0.1, -0.05) is 0 Å². The molecule has 0 aliphatic rings. The highest BCUT2D eigenvalue weighted by Crippen LogP contribution is 2.31. The van der Waals surface area contributed by atoms with Crippen LogP contribution in [0, 0.1) is 0 Å². The Morgan fingerprint density at radius 2 is 2.21 bits per heavy atom. The number of carbonyl (C=O) groups excluding carboxylic acids is 1. The van der Waals surface area contributed by atoms with Crippen LogP contribution in [-0.4, -0.2) is 27.8 Å². The van der Waals surface area contributed by atoms with Gasteiger partial charge in [-0.25, -0.2) is 14.8 Å². The average Bonchev–Trinajstić information content (AvgIpc) is 2.55. The van der Waals surface area contributed by atoms with Crippen molar-refractivity contribution in [1.29, 1.82) is 0 Å². The Labute approximate surface area is 135 Å². The van der Waals surface area contributed by atoms with Crippen molar-refractivity contribution in [2.45, 2.75) is 6.92 Å². The van der Waals surface area contributed by atoms with Gasteiger partial charge in [-0.05, 0) is 19.1 Å². The maximum atomic E-state index is 12.2. The molecule has 2 heterocycles. The van der Waals surface area contributed by atoms with E-state index in [1.165, 1.54) is 36.8 Å². The lowest BCUT2D eigenvalue weighted by molar-refractivity contribution is 0.168. The number of carbonyl (C=O) groups is 1. The second-order valence-corrected chi connectivity index (χ2v) is 4.79. The molecule has 3 aromatic rings. The molecule has 122 valence electrons. The number of aromatic hydroxyl groups is 1. The first-order chi connectivity index (χ1) is 11.6. The molecule has 0 fully saturated rings. The molecule has 3 rings (SSSR count). The second kappa shape index (κ2) is 6.37. The van der Waals surface area contributed by atoms with Gasteiger partial charge in [0, 0.05) is 17.7 Å². The number of amides is 1. The van der Waals surface area contributed by atoms with Crippen molar-refractivity contribution in [3.63, 3.8) is 0 Å². The summed E-state index contributed by atoms with van der Waals surface area (Å²) >= 11 is 0. The van der Waals surface area contributed by atoms with E-state index in [1.54, 1.807) is 6.92 Å². The molecule has 24 heavy (non-hydrogen) atoms. The fraction of sp³-hybridized carbons (Fsp3) is 0.125. The van der Waals surface area contributed by atoms with Crippen LogP contribution < -0.4 is 10.7 Å². The fourth-order valence-corrected chi connectivity index (χ4v) is 2.17. The predicted molar refractivity (Wildman–Crippen MR) is 85.8 cm³/mol. The van der Waals surface area contributed by atoms with Gasteiger partial charge >= 0.3 is 6.09 Å². The number of benzene rings is 1. The van der Waals surface area contributed by atoms with Gasteiger partial charge in [-0.15, -0.1) is 0 Å². The van der Waals surface area contributed by atoms with Gasteiger partial charge in [0.05, 0.1) is 18.5 Å². The van der Waals surface area contributed by atoms with Gasteiger partial charge in [-0.2, -0.15) is 0 Å². The van der Waals surface area contributed by atoms with Gasteiger partial charge < -0.3 is 14.3 Å². The summed E-state index contributed by atoms with van der Waals surface area (Å²) in [5.74, 6) is 0.145. The molecular formula is C16H13N3O5. The maximum absolute atomic E-state index is 12.2. The molecule has 0 spiro atoms. The number of aromatic nitrogens is 2. The molecule has 8 nitrogen and oxygen atoms in total. The van der Waals surface area contributed by atoms with E-state index in [9.17, 15) is 14.7 Å². The minimum Gasteiger partial charge on any atom is -0.508 e. The Morgan fingerprint density at radius 3 is 3.00 bits per heavy atom. The summed E-state index contributed by atoms with van der Waals surface area (Å²) in [4.78, 5) is 31.5. The van der Waals surface area contributed by atoms with Gasteiger partial charge in [0.15, 0.2) is 11.1 Å². The minimum absolute atomic E-state index is 0.0583. The highest BCUT2D eigenvalue weighted by Gasteiger charge is 2.14. The molecular weight excluding hydrogens is 314 g/mol. The first-order valence-corrected chi connectivity index (χ1v) is 7.09. The largest absolute Gasteiger partial charge is 0.508 e. The van der Waals surface area contributed by atoms with E-state index >= 15 is 0 Å². The molecule has 1 aromatic carbocycles. The summed E-state index contributed by atoms with van der Waals surface area (Å²) in [5.41, 5.74) is 0.683. The summed E-state index contributed by atoms with van der Waals surface area (Å²) in [5, 5.41) is 12.2. The van der Waals surface area contributed by atoms with Crippen LogP contribution in [0.15, 0.2) is 46.0 Å². The van der Waals surface area contributed by atoms with Crippen LogP contribution in [0.1, 0.15) is 6.92 Å². The summed E-state index contributed by atoms with van der Waals surface area (Å²) in [7, 11) is 0. The smallest absolute Gasteiger partial charge is 0.411 e. The fourth-order valence-electron chi connectivity index (χ4n) is 2.17. The Hall–Kier alpha value is -3.42. The van der Waals surface area contributed by atoms with E-state index in [1.807, 2.05) is 0 Å². The van der Waals surface area contributed by atoms with Crippen molar-refractivity contribution in [1.82, 2.24) is 9.97 Å². The third-order valence-electron chi connectivity index (χ3n) is 3.17. The molecule has 0 aliphatic heterocycles. The molecule has 0 aliphatic carbocycles. The van der Waals surface area contributed by atoms with E-state index < -0.39 is 6.09 Å². The van der Waals surface area contributed by atoms with Crippen molar-refractivity contribution in [2.75, 3.05) is 11.9 Å². The predicted octanol–water partition coefficient (Wildman–Crippen LogP) is 2.52. The maximum Gasteiger partial charge on any atom is 0.411 e. The van der Waals surface area contributed by atoms with E-state index in [0.29, 0.717) is 5.56 Å². The lowest BCUT2D eigenvalue weighted by Crippen LogP contribution is -2.14. The SMILES string of the molecule is CCOC(=O)Nc1cc(O)ccc1-c1cc(=O)c2ncncc2o1. The molecule has 8 heteroatoms. The summed E-state index contributed by atoms with van der Waals surface area (Å²) in [6.45, 7) is 1.87. The van der Waals surface area contributed by atoms with Gasteiger partial charge in [0.25, 0.3) is 0 Å². The number of rotatable bonds is 3. The minimum atomic E-state index is -0.684. The standard InChI is InChI=1S/C16H13N3O5/c1-2-23-16(22)19-11-5-9(20)3-4-10(11)13-6-12(21)15-14(24-13)7-17-8-18-15/h3-8,20H,2H2,1H3,(H,19,22). The topological polar surface area (TPSA) is 115 Å². The summed E-state index contributed by atoms with van der Waals surface area (Å²) in [6.07, 6.45) is 1.95. The van der Waals surface area contributed by atoms with E-state index in [-0.39, 0.29) is 40.3 Å². The Bertz CT molecular complexity index is 967. The number of fused-ring (bicyclic) bond motifs is 1. The van der Waals surface area contributed by atoms with Crippen LogP contribution in [0.4, 0.5) is 10.5 Å². The van der Waals surface area contributed by atoms with Crippen molar-refractivity contribution in [3.05, 3.63) is 47.0 Å². The lowest BCUT2D eigenvalue weighted by Gasteiger charge is -2.11. The molecule has 2 aromatic heterocycles. The van der Waals surface area contributed by atoms with Crippen LogP contribution in [0.3, 0.4) is 0 Å². The molecule has 0 saturated heterocycles. The Balaban J connectivity index is 2.12. The van der Waals surface area contributed by atoms with Crippen molar-refractivity contribution in [2.24, 2.45) is 0 Å². The van der Waals surface area contributed by atoms with E-state index in [0.717, 1.165) is 0 Å². The van der Waals surface area contributed by atoms with Gasteiger partial charge in [0.2, 0.25) is 5.43 Å². The van der Waals surface area contributed by atoms with Gasteiger partial charge in [0.1, 0.15) is 17.8 Å². The molecule has 0 saturated carbocycles. The monoisotopic (exact) mass is 327 g/mol. The number of hydrogen-bond acceptors (Lipinski definition) is 7. The Morgan fingerprint density at radius 1 is 1.38 bits per heavy atom. The normalized spacial score (nSPS) is 10.5. The number of nitrogens with zero attached hydrogens (tertiary/aromatic N) is 2. The van der Waals surface area contributed by atoms with Crippen LogP contribution in [0.5, 0.6) is 5.75 Å². The second-order valence-electron chi connectivity index (χ2n) is 4.79. The van der Waals surface area contributed by atoms with E-state index in [2.05, 4.69) is 15.3 Å². The number of phenols is 1. The van der Waals surface area contributed by atoms with Crippen molar-refractivity contribution < 1.29 is 19.1 Å². The van der Waals surface area contributed by atoms with Crippen LogP contribution in [0.25, 0.3) is 22.4 Å². The third kappa shape index (κ3) is 3.02. The van der Waals surface area contributed by atoms with Crippen LogP contribution >= 0.6 is 0 Å². The van der Waals surface area contributed by atoms with Crippen LogP contribution in [-0.2, 0) is 4.74 Å². The molecule has 1 amide bonds. The average molecular weight is 327 g/mol. The highest BCUT2D eigenvalue weighted by molar-refractivity contribution is 5.91. The zero-order valence-electron chi connectivity index (χ0n) is 12.6. The zero-order chi connectivity index (χ0) is 17.1. The first-order valence-electron chi connectivity index (χ1n) is 7.09. The molecule has 0 unspecified atom stereocenters. The summed E-state index contributed by atoms with van der Waals surface area (Å²) < 4.78 is 10.5. The quantitative estimate of drug-likeness (QED) is 0.759. The molecule has 0 bridgehead atoms. The van der Waals surface area contributed by atoms with Crippen LogP contribution in [0.2, 0.25) is 0 Å². The van der Waals surface area contributed by atoms with Crippen molar-refractivity contribution in [3.8, 4) is 17.1 Å². The number of phenolic OH excluding ortho intramolecular Hbond substituents is 1. The first kappa shape index (κ1) is 15.5. The van der Waals surface area contributed by atoms with Gasteiger partial charge in [-0.3, -0.25) is 10.1 Å². The molecule has 2 N–H and O–H groups in total. The summed E-state index contributed by atoms with van der Waals surface area (Å²) in [6, 6.07) is 5.53. The number of anilines is 1. The number of ether oxygens (including phenoxy) is 1. The third-order valence-corrected chi connectivity index (χ3v) is 3.17. The highest BCUT2D eigenvalue weighted by atomic mass is 16.5.